The Kier molecular flexibility index (Phi) is 9.11. The molecule has 2 aromatic rings. The maximum absolute atomic E-state index is 13.0. The molecular formula is C28H35NO4. The van der Waals surface area contributed by atoms with Crippen molar-refractivity contribution in [1.82, 2.24) is 0 Å². The summed E-state index contributed by atoms with van der Waals surface area (Å²) in [5.41, 5.74) is 3.39. The van der Waals surface area contributed by atoms with Crippen LogP contribution in [0.1, 0.15) is 63.5 Å². The molecule has 0 heterocycles. The summed E-state index contributed by atoms with van der Waals surface area (Å²) in [4.78, 5) is 17.9. The van der Waals surface area contributed by atoms with Crippen LogP contribution in [-0.2, 0) is 11.2 Å². The topological polar surface area (TPSA) is 68.1 Å². The normalized spacial score (nSPS) is 18.9. The van der Waals surface area contributed by atoms with Crippen molar-refractivity contribution in [2.24, 2.45) is 4.99 Å². The Hall–Kier alpha value is -3.08. The van der Waals surface area contributed by atoms with E-state index < -0.39 is 0 Å². The number of hydrogen-bond acceptors (Lipinski definition) is 5. The van der Waals surface area contributed by atoms with Crippen molar-refractivity contribution in [3.63, 3.8) is 0 Å². The Bertz CT molecular complexity index is 994. The summed E-state index contributed by atoms with van der Waals surface area (Å²) in [5, 5.41) is 10.6. The number of Topliss-reactive ketones (excluding diaryl/α,β-unsaturated/α-hetero) is 1. The molecular weight excluding hydrogens is 414 g/mol. The van der Waals surface area contributed by atoms with E-state index in [0.717, 1.165) is 34.8 Å². The van der Waals surface area contributed by atoms with Crippen LogP contribution in [0.4, 0.5) is 0 Å². The largest absolute Gasteiger partial charge is 0.511 e. The summed E-state index contributed by atoms with van der Waals surface area (Å²) in [6, 6.07) is 16.1. The number of benzene rings is 2. The number of aliphatic hydroxyl groups excluding tert-OH is 1. The molecule has 3 rings (SSSR count). The van der Waals surface area contributed by atoms with Gasteiger partial charge in [-0.3, -0.25) is 9.79 Å². The summed E-state index contributed by atoms with van der Waals surface area (Å²) in [7, 11) is 0. The van der Waals surface area contributed by atoms with Crippen molar-refractivity contribution >= 4 is 11.5 Å². The Balaban J connectivity index is 1.82. The van der Waals surface area contributed by atoms with Gasteiger partial charge in [0.15, 0.2) is 17.3 Å². The van der Waals surface area contributed by atoms with Gasteiger partial charge in [-0.1, -0.05) is 43.3 Å². The van der Waals surface area contributed by atoms with E-state index in [1.54, 1.807) is 0 Å². The van der Waals surface area contributed by atoms with Gasteiger partial charge in [-0.15, -0.1) is 0 Å². The standard InChI is InChI=1S/C28H35NO4/c1-4-10-24(30)28-23(18-22(19-25(28)31)21-11-8-7-9-12-21)29-16-15-20-13-14-26(32-5-2)27(17-20)33-6-3/h7-9,11-14,17,22,30H,4-6,10,15-16,18-19H2,1-3H3/t22-/m1/s1. The van der Waals surface area contributed by atoms with Crippen LogP contribution in [0.25, 0.3) is 0 Å². The second kappa shape index (κ2) is 12.2. The SMILES string of the molecule is CCCC(O)=C1C(=O)C[C@H](c2ccccc2)CC1=NCCc1ccc(OCC)c(OCC)c1. The highest BCUT2D eigenvalue weighted by atomic mass is 16.5. The number of carbonyl (C=O) groups is 1. The van der Waals surface area contributed by atoms with Gasteiger partial charge in [-0.25, -0.2) is 0 Å². The first-order valence-corrected chi connectivity index (χ1v) is 12.0. The lowest BCUT2D eigenvalue weighted by molar-refractivity contribution is -0.116. The molecule has 0 bridgehead atoms. The number of allylic oxidation sites excluding steroid dienone is 2. The van der Waals surface area contributed by atoms with E-state index in [1.807, 2.05) is 57.2 Å². The number of ketones is 1. The molecule has 0 radical (unpaired) electrons. The predicted molar refractivity (Wildman–Crippen MR) is 133 cm³/mol. The second-order valence-electron chi connectivity index (χ2n) is 8.24. The van der Waals surface area contributed by atoms with E-state index in [9.17, 15) is 9.90 Å². The first-order valence-electron chi connectivity index (χ1n) is 12.0. The highest BCUT2D eigenvalue weighted by Gasteiger charge is 2.32. The third kappa shape index (κ3) is 6.47. The number of hydrogen-bond donors (Lipinski definition) is 1. The number of aliphatic hydroxyl groups is 1. The van der Waals surface area contributed by atoms with Crippen LogP contribution in [0, 0.1) is 0 Å². The van der Waals surface area contributed by atoms with E-state index in [2.05, 4.69) is 12.1 Å². The Morgan fingerprint density at radius 2 is 1.73 bits per heavy atom. The minimum Gasteiger partial charge on any atom is -0.511 e. The summed E-state index contributed by atoms with van der Waals surface area (Å²) >= 11 is 0. The van der Waals surface area contributed by atoms with Crippen LogP contribution in [-0.4, -0.2) is 36.4 Å². The second-order valence-corrected chi connectivity index (χ2v) is 8.24. The summed E-state index contributed by atoms with van der Waals surface area (Å²) in [5.74, 6) is 1.73. The molecule has 1 atom stereocenters. The smallest absolute Gasteiger partial charge is 0.168 e. The van der Waals surface area contributed by atoms with Crippen LogP contribution in [0.2, 0.25) is 0 Å². The molecule has 0 aliphatic heterocycles. The van der Waals surface area contributed by atoms with Gasteiger partial charge in [0.05, 0.1) is 18.8 Å². The molecule has 0 aromatic heterocycles. The monoisotopic (exact) mass is 449 g/mol. The van der Waals surface area contributed by atoms with Crippen LogP contribution in [0.5, 0.6) is 11.5 Å². The minimum atomic E-state index is -0.0143. The summed E-state index contributed by atoms with van der Waals surface area (Å²) in [6.45, 7) is 7.59. The van der Waals surface area contributed by atoms with Crippen LogP contribution < -0.4 is 9.47 Å². The fourth-order valence-electron chi connectivity index (χ4n) is 4.26. The quantitative estimate of drug-likeness (QED) is 0.345. The van der Waals surface area contributed by atoms with Crippen molar-refractivity contribution in [1.29, 1.82) is 0 Å². The van der Waals surface area contributed by atoms with Crippen molar-refractivity contribution in [2.75, 3.05) is 19.8 Å². The molecule has 1 fully saturated rings. The lowest BCUT2D eigenvalue weighted by Crippen LogP contribution is -2.27. The predicted octanol–water partition coefficient (Wildman–Crippen LogP) is 6.23. The molecule has 1 aliphatic rings. The van der Waals surface area contributed by atoms with Gasteiger partial charge >= 0.3 is 0 Å². The first-order chi connectivity index (χ1) is 16.1. The molecule has 1 aliphatic carbocycles. The van der Waals surface area contributed by atoms with Gasteiger partial charge in [0.2, 0.25) is 0 Å². The molecule has 0 saturated heterocycles. The highest BCUT2D eigenvalue weighted by Crippen LogP contribution is 2.34. The molecule has 2 aromatic carbocycles. The molecule has 0 spiro atoms. The molecule has 0 amide bonds. The first kappa shape index (κ1) is 24.6. The fraction of sp³-hybridized carbons (Fsp3) is 0.429. The van der Waals surface area contributed by atoms with E-state index in [0.29, 0.717) is 51.0 Å². The number of nitrogens with zero attached hydrogens (tertiary/aromatic N) is 1. The van der Waals surface area contributed by atoms with Gasteiger partial charge in [0.25, 0.3) is 0 Å². The van der Waals surface area contributed by atoms with Crippen molar-refractivity contribution in [3.05, 3.63) is 71.0 Å². The molecule has 5 nitrogen and oxygen atoms in total. The minimum absolute atomic E-state index is 0.0143. The van der Waals surface area contributed by atoms with Crippen molar-refractivity contribution in [3.8, 4) is 11.5 Å². The van der Waals surface area contributed by atoms with E-state index in [4.69, 9.17) is 14.5 Å². The number of carbonyl (C=O) groups excluding carboxylic acids is 1. The van der Waals surface area contributed by atoms with Crippen LogP contribution >= 0.6 is 0 Å². The molecule has 5 heteroatoms. The molecule has 1 N–H and O–H groups in total. The van der Waals surface area contributed by atoms with E-state index >= 15 is 0 Å². The zero-order valence-electron chi connectivity index (χ0n) is 20.0. The number of rotatable bonds is 10. The molecule has 33 heavy (non-hydrogen) atoms. The van der Waals surface area contributed by atoms with Gasteiger partial charge in [0.1, 0.15) is 5.76 Å². The Morgan fingerprint density at radius 1 is 1.00 bits per heavy atom. The summed E-state index contributed by atoms with van der Waals surface area (Å²) in [6.07, 6.45) is 3.05. The molecule has 176 valence electrons. The zero-order chi connectivity index (χ0) is 23.6. The fourth-order valence-corrected chi connectivity index (χ4v) is 4.26. The van der Waals surface area contributed by atoms with Gasteiger partial charge < -0.3 is 14.6 Å². The van der Waals surface area contributed by atoms with Crippen LogP contribution in [0.15, 0.2) is 64.9 Å². The maximum atomic E-state index is 13.0. The zero-order valence-corrected chi connectivity index (χ0v) is 20.0. The summed E-state index contributed by atoms with van der Waals surface area (Å²) < 4.78 is 11.4. The average Bonchev–Trinajstić information content (AvgIpc) is 2.81. The highest BCUT2D eigenvalue weighted by molar-refractivity contribution is 6.24. The Morgan fingerprint density at radius 3 is 2.42 bits per heavy atom. The lowest BCUT2D eigenvalue weighted by Gasteiger charge is -2.26. The van der Waals surface area contributed by atoms with Gasteiger partial charge in [-0.05, 0) is 62.3 Å². The third-order valence-electron chi connectivity index (χ3n) is 5.80. The Labute approximate surface area is 197 Å². The lowest BCUT2D eigenvalue weighted by atomic mass is 9.78. The maximum Gasteiger partial charge on any atom is 0.168 e. The van der Waals surface area contributed by atoms with Gasteiger partial charge in [-0.2, -0.15) is 0 Å². The average molecular weight is 450 g/mol. The molecule has 0 unspecified atom stereocenters. The number of ether oxygens (including phenoxy) is 2. The number of aliphatic imine (C=N–C) groups is 1. The van der Waals surface area contributed by atoms with Crippen molar-refractivity contribution < 1.29 is 19.4 Å². The van der Waals surface area contributed by atoms with E-state index in [1.165, 1.54) is 0 Å². The van der Waals surface area contributed by atoms with Gasteiger partial charge in [0, 0.05) is 25.1 Å². The van der Waals surface area contributed by atoms with Crippen molar-refractivity contribution in [2.45, 2.75) is 58.8 Å². The third-order valence-corrected chi connectivity index (χ3v) is 5.80. The van der Waals surface area contributed by atoms with Crippen LogP contribution in [0.3, 0.4) is 0 Å². The molecule has 1 saturated carbocycles. The van der Waals surface area contributed by atoms with E-state index in [-0.39, 0.29) is 17.5 Å².